The number of hydrogen-bond acceptors (Lipinski definition) is 1. The van der Waals surface area contributed by atoms with Crippen molar-refractivity contribution in [2.24, 2.45) is 5.92 Å². The van der Waals surface area contributed by atoms with E-state index < -0.39 is 0 Å². The summed E-state index contributed by atoms with van der Waals surface area (Å²) in [6.45, 7) is 4.62. The zero-order valence-corrected chi connectivity index (χ0v) is 9.01. The molecule has 0 aromatic heterocycles. The first-order valence-electron chi connectivity index (χ1n) is 5.91. The fraction of sp³-hybridized carbons (Fsp3) is 1.00. The van der Waals surface area contributed by atoms with E-state index in [2.05, 4.69) is 13.8 Å². The molecule has 0 amide bonds. The fourth-order valence-corrected chi connectivity index (χ4v) is 3.08. The Morgan fingerprint density at radius 3 is 2.38 bits per heavy atom. The topological polar surface area (TPSA) is 9.23 Å². The molecule has 1 saturated carbocycles. The van der Waals surface area contributed by atoms with Crippen molar-refractivity contribution in [3.05, 3.63) is 0 Å². The zero-order valence-electron chi connectivity index (χ0n) is 9.01. The van der Waals surface area contributed by atoms with Gasteiger partial charge in [0.25, 0.3) is 0 Å². The van der Waals surface area contributed by atoms with Gasteiger partial charge in [0.15, 0.2) is 0 Å². The molecule has 76 valence electrons. The maximum atomic E-state index is 6.23. The molecule has 1 spiro atoms. The summed E-state index contributed by atoms with van der Waals surface area (Å²) in [5.41, 5.74) is 0.288. The van der Waals surface area contributed by atoms with Crippen molar-refractivity contribution in [1.29, 1.82) is 0 Å². The second kappa shape index (κ2) is 3.61. The summed E-state index contributed by atoms with van der Waals surface area (Å²) >= 11 is 0. The van der Waals surface area contributed by atoms with Crippen LogP contribution in [-0.2, 0) is 4.74 Å². The van der Waals surface area contributed by atoms with Crippen LogP contribution in [-0.4, -0.2) is 11.7 Å². The number of hydrogen-bond donors (Lipinski definition) is 0. The summed E-state index contributed by atoms with van der Waals surface area (Å²) in [7, 11) is 0. The van der Waals surface area contributed by atoms with E-state index in [0.29, 0.717) is 6.10 Å². The van der Waals surface area contributed by atoms with E-state index >= 15 is 0 Å². The molecule has 0 radical (unpaired) electrons. The molecule has 0 bridgehead atoms. The average Bonchev–Trinajstić information content (AvgIpc) is 2.14. The molecular weight excluding hydrogens is 160 g/mol. The van der Waals surface area contributed by atoms with Crippen molar-refractivity contribution in [3.8, 4) is 0 Å². The van der Waals surface area contributed by atoms with Gasteiger partial charge in [0.1, 0.15) is 0 Å². The highest BCUT2D eigenvalue weighted by molar-refractivity contribution is 4.92. The van der Waals surface area contributed by atoms with Crippen molar-refractivity contribution in [1.82, 2.24) is 0 Å². The molecule has 2 atom stereocenters. The standard InChI is InChI=1S/C12H22O/c1-10-6-7-11(2)13-12(10)8-4-3-5-9-12/h10-11H,3-9H2,1-2H3. The average molecular weight is 182 g/mol. The van der Waals surface area contributed by atoms with E-state index in [0.717, 1.165) is 5.92 Å². The third-order valence-corrected chi connectivity index (χ3v) is 4.04. The van der Waals surface area contributed by atoms with E-state index in [1.807, 2.05) is 0 Å². The highest BCUT2D eigenvalue weighted by Crippen LogP contribution is 2.43. The van der Waals surface area contributed by atoms with E-state index in [1.54, 1.807) is 0 Å². The minimum atomic E-state index is 0.288. The first-order chi connectivity index (χ1) is 6.23. The van der Waals surface area contributed by atoms with E-state index in [9.17, 15) is 0 Å². The Hall–Kier alpha value is -0.0400. The second-order valence-corrected chi connectivity index (χ2v) is 5.03. The molecule has 1 heteroatoms. The van der Waals surface area contributed by atoms with Gasteiger partial charge in [0.2, 0.25) is 0 Å². The predicted molar refractivity (Wildman–Crippen MR) is 54.8 cm³/mol. The second-order valence-electron chi connectivity index (χ2n) is 5.03. The van der Waals surface area contributed by atoms with Crippen molar-refractivity contribution in [3.63, 3.8) is 0 Å². The summed E-state index contributed by atoms with van der Waals surface area (Å²) in [4.78, 5) is 0. The largest absolute Gasteiger partial charge is 0.372 e. The molecule has 1 aliphatic heterocycles. The van der Waals surface area contributed by atoms with Gasteiger partial charge in [-0.2, -0.15) is 0 Å². The molecule has 13 heavy (non-hydrogen) atoms. The van der Waals surface area contributed by atoms with Crippen LogP contribution in [0, 0.1) is 5.92 Å². The third kappa shape index (κ3) is 1.76. The van der Waals surface area contributed by atoms with Gasteiger partial charge < -0.3 is 4.74 Å². The van der Waals surface area contributed by atoms with Crippen LogP contribution in [0.4, 0.5) is 0 Å². The Kier molecular flexibility index (Phi) is 2.64. The first kappa shape index (κ1) is 9.51. The van der Waals surface area contributed by atoms with Crippen LogP contribution in [0.2, 0.25) is 0 Å². The van der Waals surface area contributed by atoms with Crippen LogP contribution in [0.1, 0.15) is 58.8 Å². The smallest absolute Gasteiger partial charge is 0.0711 e. The third-order valence-electron chi connectivity index (χ3n) is 4.04. The molecule has 1 nitrogen and oxygen atoms in total. The first-order valence-corrected chi connectivity index (χ1v) is 5.91. The van der Waals surface area contributed by atoms with Gasteiger partial charge in [-0.15, -0.1) is 0 Å². The lowest BCUT2D eigenvalue weighted by atomic mass is 9.72. The Morgan fingerprint density at radius 2 is 1.69 bits per heavy atom. The maximum Gasteiger partial charge on any atom is 0.0711 e. The quantitative estimate of drug-likeness (QED) is 0.557. The van der Waals surface area contributed by atoms with Crippen molar-refractivity contribution >= 4 is 0 Å². The summed E-state index contributed by atoms with van der Waals surface area (Å²) in [6, 6.07) is 0. The molecule has 0 aromatic rings. The maximum absolute atomic E-state index is 6.23. The highest BCUT2D eigenvalue weighted by atomic mass is 16.5. The monoisotopic (exact) mass is 182 g/mol. The van der Waals surface area contributed by atoms with E-state index in [-0.39, 0.29) is 5.60 Å². The summed E-state index contributed by atoms with van der Waals surface area (Å²) in [5.74, 6) is 0.795. The van der Waals surface area contributed by atoms with Crippen LogP contribution in [0.3, 0.4) is 0 Å². The number of ether oxygens (including phenoxy) is 1. The van der Waals surface area contributed by atoms with Crippen LogP contribution < -0.4 is 0 Å². The molecule has 1 saturated heterocycles. The Balaban J connectivity index is 2.07. The Bertz CT molecular complexity index is 170. The molecule has 0 aromatic carbocycles. The Labute approximate surface area is 81.9 Å². The van der Waals surface area contributed by atoms with Crippen LogP contribution in [0.15, 0.2) is 0 Å². The minimum Gasteiger partial charge on any atom is -0.372 e. The van der Waals surface area contributed by atoms with Gasteiger partial charge in [-0.05, 0) is 38.5 Å². The molecular formula is C12H22O. The van der Waals surface area contributed by atoms with Gasteiger partial charge in [0, 0.05) is 0 Å². The lowest BCUT2D eigenvalue weighted by Gasteiger charge is -2.47. The van der Waals surface area contributed by atoms with Crippen LogP contribution in [0.5, 0.6) is 0 Å². The normalized spacial score (nSPS) is 39.2. The van der Waals surface area contributed by atoms with E-state index in [1.165, 1.54) is 44.9 Å². The SMILES string of the molecule is CC1CCC(C)C2(CCCCC2)O1. The van der Waals surface area contributed by atoms with Crippen LogP contribution in [0.25, 0.3) is 0 Å². The molecule has 2 aliphatic rings. The van der Waals surface area contributed by atoms with Gasteiger partial charge in [-0.3, -0.25) is 0 Å². The highest BCUT2D eigenvalue weighted by Gasteiger charge is 2.42. The number of rotatable bonds is 0. The fourth-order valence-electron chi connectivity index (χ4n) is 3.08. The molecule has 2 rings (SSSR count). The van der Waals surface area contributed by atoms with E-state index in [4.69, 9.17) is 4.74 Å². The van der Waals surface area contributed by atoms with Gasteiger partial charge in [-0.1, -0.05) is 26.2 Å². The summed E-state index contributed by atoms with van der Waals surface area (Å²) in [6.07, 6.45) is 9.98. The molecule has 1 aliphatic carbocycles. The summed E-state index contributed by atoms with van der Waals surface area (Å²) < 4.78 is 6.23. The van der Waals surface area contributed by atoms with Gasteiger partial charge >= 0.3 is 0 Å². The minimum absolute atomic E-state index is 0.288. The summed E-state index contributed by atoms with van der Waals surface area (Å²) in [5, 5.41) is 0. The molecule has 0 N–H and O–H groups in total. The van der Waals surface area contributed by atoms with Crippen molar-refractivity contribution in [2.45, 2.75) is 70.5 Å². The van der Waals surface area contributed by atoms with Crippen LogP contribution >= 0.6 is 0 Å². The molecule has 2 fully saturated rings. The van der Waals surface area contributed by atoms with Gasteiger partial charge in [-0.25, -0.2) is 0 Å². The van der Waals surface area contributed by atoms with Crippen molar-refractivity contribution in [2.75, 3.05) is 0 Å². The molecule has 1 heterocycles. The zero-order chi connectivity index (χ0) is 9.31. The lowest BCUT2D eigenvalue weighted by molar-refractivity contribution is -0.168. The predicted octanol–water partition coefficient (Wildman–Crippen LogP) is 3.52. The lowest BCUT2D eigenvalue weighted by Crippen LogP contribution is -2.47. The van der Waals surface area contributed by atoms with Crippen molar-refractivity contribution < 1.29 is 4.74 Å². The molecule has 2 unspecified atom stereocenters. The Morgan fingerprint density at radius 1 is 1.00 bits per heavy atom. The van der Waals surface area contributed by atoms with Gasteiger partial charge in [0.05, 0.1) is 11.7 Å².